The van der Waals surface area contributed by atoms with E-state index < -0.39 is 0 Å². The maximum Gasteiger partial charge on any atom is 0.223 e. The summed E-state index contributed by atoms with van der Waals surface area (Å²) < 4.78 is 0. The van der Waals surface area contributed by atoms with Crippen molar-refractivity contribution >= 4 is 23.1 Å². The van der Waals surface area contributed by atoms with Crippen LogP contribution in [0.3, 0.4) is 0 Å². The lowest BCUT2D eigenvalue weighted by Crippen LogP contribution is -2.42. The van der Waals surface area contributed by atoms with Crippen molar-refractivity contribution in [2.45, 2.75) is 46.6 Å². The van der Waals surface area contributed by atoms with Crippen LogP contribution in [-0.4, -0.2) is 28.4 Å². The minimum absolute atomic E-state index is 0.146. The Morgan fingerprint density at radius 1 is 1.40 bits per heavy atom. The quantitative estimate of drug-likeness (QED) is 0.709. The number of hydrogen-bond donors (Lipinski definition) is 1. The van der Waals surface area contributed by atoms with Crippen molar-refractivity contribution in [1.29, 1.82) is 0 Å². The van der Waals surface area contributed by atoms with E-state index in [2.05, 4.69) is 13.8 Å². The summed E-state index contributed by atoms with van der Waals surface area (Å²) >= 11 is 4.84. The molecule has 15 heavy (non-hydrogen) atoms. The minimum atomic E-state index is 0.146. The monoisotopic (exact) mass is 230 g/mol. The van der Waals surface area contributed by atoms with Crippen LogP contribution in [0.1, 0.15) is 40.5 Å². The molecule has 0 radical (unpaired) electrons. The van der Waals surface area contributed by atoms with E-state index in [0.29, 0.717) is 23.9 Å². The van der Waals surface area contributed by atoms with Crippen molar-refractivity contribution in [2.75, 3.05) is 6.54 Å². The van der Waals surface area contributed by atoms with Crippen molar-refractivity contribution < 1.29 is 4.79 Å². The van der Waals surface area contributed by atoms with Gasteiger partial charge in [-0.3, -0.25) is 4.79 Å². The van der Waals surface area contributed by atoms with Crippen molar-refractivity contribution in [2.24, 2.45) is 11.7 Å². The molecule has 0 rings (SSSR count). The molecular formula is C11H22N2OS. The van der Waals surface area contributed by atoms with Gasteiger partial charge in [-0.2, -0.15) is 0 Å². The van der Waals surface area contributed by atoms with Gasteiger partial charge in [0.15, 0.2) is 0 Å². The molecule has 4 heteroatoms. The first-order chi connectivity index (χ1) is 6.88. The zero-order valence-corrected chi connectivity index (χ0v) is 10.9. The van der Waals surface area contributed by atoms with Crippen molar-refractivity contribution in [1.82, 2.24) is 4.90 Å². The third-order valence-electron chi connectivity index (χ3n) is 2.49. The van der Waals surface area contributed by atoms with Crippen molar-refractivity contribution in [3.8, 4) is 0 Å². The molecule has 0 spiro atoms. The molecule has 0 bridgehead atoms. The van der Waals surface area contributed by atoms with Gasteiger partial charge < -0.3 is 10.6 Å². The predicted octanol–water partition coefficient (Wildman–Crippen LogP) is 1.95. The summed E-state index contributed by atoms with van der Waals surface area (Å²) in [6, 6.07) is 0.156. The SMILES string of the molecule is CCC(C)CC(=O)N(CC(N)=S)C(C)C. The van der Waals surface area contributed by atoms with Gasteiger partial charge in [0.2, 0.25) is 5.91 Å². The maximum absolute atomic E-state index is 11.9. The Hall–Kier alpha value is -0.640. The van der Waals surface area contributed by atoms with E-state index in [4.69, 9.17) is 18.0 Å². The molecule has 0 aromatic rings. The fourth-order valence-corrected chi connectivity index (χ4v) is 1.43. The first kappa shape index (κ1) is 14.4. The Labute approximate surface area is 98.0 Å². The molecule has 0 aromatic heterocycles. The summed E-state index contributed by atoms with van der Waals surface area (Å²) in [5, 5.41) is 0. The summed E-state index contributed by atoms with van der Waals surface area (Å²) in [5.41, 5.74) is 5.47. The molecule has 88 valence electrons. The standard InChI is InChI=1S/C11H22N2OS/c1-5-9(4)6-11(14)13(8(2)3)7-10(12)15/h8-9H,5-7H2,1-4H3,(H2,12,15). The van der Waals surface area contributed by atoms with Crippen molar-refractivity contribution in [3.63, 3.8) is 0 Å². The third kappa shape index (κ3) is 5.72. The highest BCUT2D eigenvalue weighted by atomic mass is 32.1. The Balaban J connectivity index is 4.35. The Morgan fingerprint density at radius 2 is 1.93 bits per heavy atom. The topological polar surface area (TPSA) is 46.3 Å². The number of nitrogens with zero attached hydrogens (tertiary/aromatic N) is 1. The molecule has 1 amide bonds. The highest BCUT2D eigenvalue weighted by Gasteiger charge is 2.18. The zero-order valence-electron chi connectivity index (χ0n) is 10.1. The summed E-state index contributed by atoms with van der Waals surface area (Å²) in [7, 11) is 0. The van der Waals surface area contributed by atoms with E-state index in [9.17, 15) is 4.79 Å². The smallest absolute Gasteiger partial charge is 0.223 e. The van der Waals surface area contributed by atoms with Gasteiger partial charge in [-0.15, -0.1) is 0 Å². The maximum atomic E-state index is 11.9. The van der Waals surface area contributed by atoms with Crippen LogP contribution < -0.4 is 5.73 Å². The van der Waals surface area contributed by atoms with E-state index in [1.807, 2.05) is 13.8 Å². The molecule has 1 atom stereocenters. The van der Waals surface area contributed by atoms with Gasteiger partial charge in [0, 0.05) is 12.5 Å². The summed E-state index contributed by atoms with van der Waals surface area (Å²) in [6.07, 6.45) is 1.60. The molecule has 0 fully saturated rings. The van der Waals surface area contributed by atoms with Crippen LogP contribution in [0.4, 0.5) is 0 Å². The van der Waals surface area contributed by atoms with Gasteiger partial charge in [0.1, 0.15) is 0 Å². The van der Waals surface area contributed by atoms with Crippen LogP contribution in [0, 0.1) is 5.92 Å². The highest BCUT2D eigenvalue weighted by molar-refractivity contribution is 7.80. The van der Waals surface area contributed by atoms with Gasteiger partial charge in [0.25, 0.3) is 0 Å². The first-order valence-electron chi connectivity index (χ1n) is 5.46. The second kappa shape index (κ2) is 6.77. The van der Waals surface area contributed by atoms with Crippen LogP contribution >= 0.6 is 12.2 Å². The summed E-state index contributed by atoms with van der Waals surface area (Å²) in [5.74, 6) is 0.567. The lowest BCUT2D eigenvalue weighted by Gasteiger charge is -2.27. The number of amides is 1. The second-order valence-corrected chi connectivity index (χ2v) is 4.82. The van der Waals surface area contributed by atoms with Gasteiger partial charge in [-0.1, -0.05) is 32.5 Å². The largest absolute Gasteiger partial charge is 0.392 e. The van der Waals surface area contributed by atoms with Gasteiger partial charge in [-0.05, 0) is 19.8 Å². The van der Waals surface area contributed by atoms with Gasteiger partial charge >= 0.3 is 0 Å². The fourth-order valence-electron chi connectivity index (χ4n) is 1.29. The molecule has 3 nitrogen and oxygen atoms in total. The predicted molar refractivity (Wildman–Crippen MR) is 67.7 cm³/mol. The number of carbonyl (C=O) groups is 1. The molecule has 0 aromatic carbocycles. The zero-order chi connectivity index (χ0) is 12.0. The normalized spacial score (nSPS) is 12.6. The number of carbonyl (C=O) groups excluding carboxylic acids is 1. The van der Waals surface area contributed by atoms with E-state index >= 15 is 0 Å². The van der Waals surface area contributed by atoms with Crippen LogP contribution in [-0.2, 0) is 4.79 Å². The Bertz CT molecular complexity index is 229. The molecule has 0 saturated heterocycles. The van der Waals surface area contributed by atoms with E-state index in [0.717, 1.165) is 6.42 Å². The van der Waals surface area contributed by atoms with E-state index in [1.165, 1.54) is 0 Å². The molecule has 0 saturated carbocycles. The van der Waals surface area contributed by atoms with Crippen LogP contribution in [0.25, 0.3) is 0 Å². The Kier molecular flexibility index (Phi) is 6.48. The van der Waals surface area contributed by atoms with E-state index in [1.54, 1.807) is 4.90 Å². The van der Waals surface area contributed by atoms with Crippen LogP contribution in [0.5, 0.6) is 0 Å². The molecule has 0 aliphatic heterocycles. The second-order valence-electron chi connectivity index (χ2n) is 4.30. The Morgan fingerprint density at radius 3 is 2.27 bits per heavy atom. The number of nitrogens with two attached hydrogens (primary N) is 1. The molecule has 1 unspecified atom stereocenters. The van der Waals surface area contributed by atoms with Crippen LogP contribution in [0.2, 0.25) is 0 Å². The molecule has 0 heterocycles. The minimum Gasteiger partial charge on any atom is -0.392 e. The average Bonchev–Trinajstić information content (AvgIpc) is 2.12. The van der Waals surface area contributed by atoms with Crippen molar-refractivity contribution in [3.05, 3.63) is 0 Å². The van der Waals surface area contributed by atoms with E-state index in [-0.39, 0.29) is 11.9 Å². The van der Waals surface area contributed by atoms with Gasteiger partial charge in [-0.25, -0.2) is 0 Å². The lowest BCUT2D eigenvalue weighted by atomic mass is 10.0. The molecule has 2 N–H and O–H groups in total. The lowest BCUT2D eigenvalue weighted by molar-refractivity contribution is -0.132. The fraction of sp³-hybridized carbons (Fsp3) is 0.818. The van der Waals surface area contributed by atoms with Gasteiger partial charge in [0.05, 0.1) is 11.5 Å². The molecular weight excluding hydrogens is 208 g/mol. The highest BCUT2D eigenvalue weighted by Crippen LogP contribution is 2.11. The molecule has 0 aliphatic carbocycles. The molecule has 0 aliphatic rings. The third-order valence-corrected chi connectivity index (χ3v) is 2.62. The number of rotatable bonds is 6. The summed E-state index contributed by atoms with van der Waals surface area (Å²) in [6.45, 7) is 8.52. The summed E-state index contributed by atoms with van der Waals surface area (Å²) in [4.78, 5) is 14.0. The number of hydrogen-bond acceptors (Lipinski definition) is 2. The average molecular weight is 230 g/mol. The number of thiocarbonyl (C=S) groups is 1. The van der Waals surface area contributed by atoms with Crippen LogP contribution in [0.15, 0.2) is 0 Å². The first-order valence-corrected chi connectivity index (χ1v) is 5.87.